The van der Waals surface area contributed by atoms with Gasteiger partial charge >= 0.3 is 5.97 Å². The Kier molecular flexibility index (Phi) is 8.99. The summed E-state index contributed by atoms with van der Waals surface area (Å²) < 4.78 is 12.7. The van der Waals surface area contributed by atoms with Crippen LogP contribution in [0.5, 0.6) is 5.75 Å². The molecule has 5 aromatic rings. The number of aromatic nitrogens is 2. The van der Waals surface area contributed by atoms with Crippen LogP contribution in [-0.2, 0) is 23.5 Å². The number of methoxy groups -OCH3 is 1. The zero-order chi connectivity index (χ0) is 27.7. The van der Waals surface area contributed by atoms with Gasteiger partial charge in [0.05, 0.1) is 30.3 Å². The molecule has 0 N–H and O–H groups in total. The van der Waals surface area contributed by atoms with E-state index in [1.54, 1.807) is 18.9 Å². The topological polar surface area (TPSA) is 53.3 Å². The molecule has 202 valence electrons. The van der Waals surface area contributed by atoms with Gasteiger partial charge in [0, 0.05) is 12.3 Å². The first-order chi connectivity index (χ1) is 19.6. The van der Waals surface area contributed by atoms with Gasteiger partial charge in [-0.05, 0) is 65.9 Å². The third kappa shape index (κ3) is 6.82. The Morgan fingerprint density at radius 2 is 1.57 bits per heavy atom. The van der Waals surface area contributed by atoms with Gasteiger partial charge in [-0.2, -0.15) is 0 Å². The number of thioether (sulfide) groups is 1. The van der Waals surface area contributed by atoms with Crippen LogP contribution in [0.3, 0.4) is 0 Å². The summed E-state index contributed by atoms with van der Waals surface area (Å²) in [5.74, 6) is 1.31. The van der Waals surface area contributed by atoms with E-state index in [4.69, 9.17) is 14.5 Å². The molecule has 0 bridgehead atoms. The number of carbonyl (C=O) groups excluding carboxylic acids is 1. The van der Waals surface area contributed by atoms with Crippen molar-refractivity contribution in [3.8, 4) is 5.75 Å². The molecule has 0 aliphatic rings. The summed E-state index contributed by atoms with van der Waals surface area (Å²) in [4.78, 5) is 17.3. The molecule has 0 atom stereocenters. The van der Waals surface area contributed by atoms with Gasteiger partial charge in [-0.3, -0.25) is 0 Å². The molecule has 4 aromatic carbocycles. The van der Waals surface area contributed by atoms with Gasteiger partial charge in [0.2, 0.25) is 0 Å². The Balaban J connectivity index is 1.34. The van der Waals surface area contributed by atoms with Gasteiger partial charge in [0.25, 0.3) is 0 Å². The van der Waals surface area contributed by atoms with Crippen molar-refractivity contribution in [3.63, 3.8) is 0 Å². The number of esters is 1. The Hall–Kier alpha value is -4.29. The van der Waals surface area contributed by atoms with Crippen LogP contribution in [0.25, 0.3) is 23.2 Å². The first-order valence-electron chi connectivity index (χ1n) is 13.4. The van der Waals surface area contributed by atoms with Crippen LogP contribution >= 0.6 is 11.8 Å². The minimum Gasteiger partial charge on any atom is -0.497 e. The number of carbonyl (C=O) groups is 1. The highest BCUT2D eigenvalue weighted by Crippen LogP contribution is 2.28. The molecule has 1 aromatic heterocycles. The summed E-state index contributed by atoms with van der Waals surface area (Å²) in [5, 5.41) is 0.928. The van der Waals surface area contributed by atoms with Crippen molar-refractivity contribution in [2.45, 2.75) is 30.8 Å². The molecule has 5 rings (SSSR count). The molecule has 0 amide bonds. The molecule has 6 heteroatoms. The monoisotopic (exact) mass is 548 g/mol. The van der Waals surface area contributed by atoms with Crippen molar-refractivity contribution in [2.75, 3.05) is 13.7 Å². The van der Waals surface area contributed by atoms with E-state index in [0.29, 0.717) is 12.2 Å². The highest BCUT2D eigenvalue weighted by atomic mass is 32.2. The molecule has 0 unspecified atom stereocenters. The maximum atomic E-state index is 12.3. The van der Waals surface area contributed by atoms with Crippen molar-refractivity contribution < 1.29 is 14.3 Å². The number of benzene rings is 4. The molecule has 1 heterocycles. The standard InChI is InChI=1S/C34H32N2O3S/c1-3-39-33(37)29-17-20-32-31(23-29)35-34(36(32)22-21-27-15-18-30(38-2)19-16-27)40-24-28-13-11-26(12-14-28)10-9-25-7-5-4-6-8-25/h4-20,23H,3,21-22,24H2,1-2H3. The van der Waals surface area contributed by atoms with Crippen LogP contribution in [0.4, 0.5) is 0 Å². The lowest BCUT2D eigenvalue weighted by Gasteiger charge is -2.10. The molecule has 5 nitrogen and oxygen atoms in total. The maximum Gasteiger partial charge on any atom is 0.338 e. The van der Waals surface area contributed by atoms with Crippen LogP contribution in [0, 0.1) is 0 Å². The molecular formula is C34H32N2O3S. The van der Waals surface area contributed by atoms with E-state index in [1.165, 1.54) is 16.7 Å². The lowest BCUT2D eigenvalue weighted by molar-refractivity contribution is 0.0526. The number of ether oxygens (including phenoxy) is 2. The second-order valence-electron chi connectivity index (χ2n) is 9.34. The molecular weight excluding hydrogens is 516 g/mol. The number of aryl methyl sites for hydroxylation is 2. The smallest absolute Gasteiger partial charge is 0.338 e. The van der Waals surface area contributed by atoms with Crippen LogP contribution in [0.1, 0.15) is 39.5 Å². The fraction of sp³-hybridized carbons (Fsp3) is 0.176. The summed E-state index contributed by atoms with van der Waals surface area (Å²) in [6.45, 7) is 2.92. The molecule has 0 aliphatic heterocycles. The number of rotatable bonds is 11. The van der Waals surface area contributed by atoms with E-state index < -0.39 is 0 Å². The Bertz CT molecular complexity index is 1590. The van der Waals surface area contributed by atoms with E-state index >= 15 is 0 Å². The molecule has 0 saturated heterocycles. The van der Waals surface area contributed by atoms with Crippen molar-refractivity contribution in [2.24, 2.45) is 0 Å². The summed E-state index contributed by atoms with van der Waals surface area (Å²) >= 11 is 1.71. The third-order valence-electron chi connectivity index (χ3n) is 6.62. The molecule has 40 heavy (non-hydrogen) atoms. The lowest BCUT2D eigenvalue weighted by Crippen LogP contribution is -2.05. The Labute approximate surface area is 239 Å². The summed E-state index contributed by atoms with van der Waals surface area (Å²) in [7, 11) is 1.68. The van der Waals surface area contributed by atoms with Gasteiger partial charge in [0.15, 0.2) is 5.16 Å². The number of nitrogens with zero attached hydrogens (tertiary/aromatic N) is 2. The Morgan fingerprint density at radius 3 is 2.27 bits per heavy atom. The highest BCUT2D eigenvalue weighted by molar-refractivity contribution is 7.98. The quantitative estimate of drug-likeness (QED) is 0.0953. The van der Waals surface area contributed by atoms with Gasteiger partial charge in [-0.1, -0.05) is 90.6 Å². The lowest BCUT2D eigenvalue weighted by atomic mass is 10.1. The predicted octanol–water partition coefficient (Wildman–Crippen LogP) is 7.93. The fourth-order valence-electron chi connectivity index (χ4n) is 4.44. The molecule has 0 saturated carbocycles. The van der Waals surface area contributed by atoms with Crippen molar-refractivity contribution >= 4 is 40.9 Å². The predicted molar refractivity (Wildman–Crippen MR) is 164 cm³/mol. The van der Waals surface area contributed by atoms with Crippen LogP contribution in [0.2, 0.25) is 0 Å². The number of imidazole rings is 1. The number of fused-ring (bicyclic) bond motifs is 1. The van der Waals surface area contributed by atoms with E-state index in [1.807, 2.05) is 55.5 Å². The minimum absolute atomic E-state index is 0.326. The molecule has 0 radical (unpaired) electrons. The van der Waals surface area contributed by atoms with E-state index in [9.17, 15) is 4.79 Å². The first kappa shape index (κ1) is 27.3. The summed E-state index contributed by atoms with van der Waals surface area (Å²) in [5.41, 5.74) is 7.11. The van der Waals surface area contributed by atoms with E-state index in [2.05, 4.69) is 65.3 Å². The van der Waals surface area contributed by atoms with Crippen molar-refractivity contribution in [1.82, 2.24) is 9.55 Å². The highest BCUT2D eigenvalue weighted by Gasteiger charge is 2.15. The average Bonchev–Trinajstić information content (AvgIpc) is 3.36. The second-order valence-corrected chi connectivity index (χ2v) is 10.3. The molecule has 0 aliphatic carbocycles. The zero-order valence-electron chi connectivity index (χ0n) is 22.7. The third-order valence-corrected chi connectivity index (χ3v) is 7.67. The van der Waals surface area contributed by atoms with Crippen molar-refractivity contribution in [1.29, 1.82) is 0 Å². The fourth-order valence-corrected chi connectivity index (χ4v) is 5.43. The zero-order valence-corrected chi connectivity index (χ0v) is 23.6. The number of hydrogen-bond acceptors (Lipinski definition) is 5. The first-order valence-corrected chi connectivity index (χ1v) is 14.4. The van der Waals surface area contributed by atoms with Crippen LogP contribution in [0.15, 0.2) is 102 Å². The van der Waals surface area contributed by atoms with Gasteiger partial charge in [-0.25, -0.2) is 9.78 Å². The second kappa shape index (κ2) is 13.2. The van der Waals surface area contributed by atoms with Crippen LogP contribution < -0.4 is 4.74 Å². The number of hydrogen-bond donors (Lipinski definition) is 0. The van der Waals surface area contributed by atoms with Gasteiger partial charge in [0.1, 0.15) is 5.75 Å². The largest absolute Gasteiger partial charge is 0.497 e. The normalized spacial score (nSPS) is 11.2. The van der Waals surface area contributed by atoms with Gasteiger partial charge < -0.3 is 14.0 Å². The van der Waals surface area contributed by atoms with E-state index in [-0.39, 0.29) is 5.97 Å². The summed E-state index contributed by atoms with van der Waals surface area (Å²) in [6.07, 6.45) is 5.11. The summed E-state index contributed by atoms with van der Waals surface area (Å²) in [6, 6.07) is 32.7. The average molecular weight is 549 g/mol. The van der Waals surface area contributed by atoms with Crippen LogP contribution in [-0.4, -0.2) is 29.2 Å². The van der Waals surface area contributed by atoms with E-state index in [0.717, 1.165) is 46.2 Å². The van der Waals surface area contributed by atoms with Crippen molar-refractivity contribution in [3.05, 3.63) is 125 Å². The minimum atomic E-state index is -0.326. The molecule has 0 spiro atoms. The SMILES string of the molecule is CCOC(=O)c1ccc2c(c1)nc(SCc1ccc(C=Cc3ccccc3)cc1)n2CCc1ccc(OC)cc1. The maximum absolute atomic E-state index is 12.3. The van der Waals surface area contributed by atoms with Gasteiger partial charge in [-0.15, -0.1) is 0 Å². The molecule has 0 fully saturated rings. The Morgan fingerprint density at radius 1 is 0.875 bits per heavy atom.